The number of carbonyl (C=O) groups is 2. The van der Waals surface area contributed by atoms with Gasteiger partial charge in [-0.3, -0.25) is 19.2 Å². The summed E-state index contributed by atoms with van der Waals surface area (Å²) < 4.78 is 9.06. The number of aryl methyl sites for hydroxylation is 2. The third-order valence-electron chi connectivity index (χ3n) is 7.42. The highest BCUT2D eigenvalue weighted by Gasteiger charge is 2.32. The number of carboxylic acid groups (broad SMARTS) is 1. The van der Waals surface area contributed by atoms with Crippen molar-refractivity contribution in [2.75, 3.05) is 4.90 Å². The molecule has 2 aromatic heterocycles. The summed E-state index contributed by atoms with van der Waals surface area (Å²) in [7, 11) is 1.83. The average molecular weight is 579 g/mol. The molecular formula is C29H31BrN4O4. The molecule has 2 aliphatic carbocycles. The van der Waals surface area contributed by atoms with Crippen LogP contribution in [0.25, 0.3) is 11.0 Å². The number of aliphatic carboxylic acids is 1. The summed E-state index contributed by atoms with van der Waals surface area (Å²) in [6.45, 7) is 3.65. The largest absolute Gasteiger partial charge is 0.481 e. The summed E-state index contributed by atoms with van der Waals surface area (Å²) in [5.41, 5.74) is 4.26. The van der Waals surface area contributed by atoms with Gasteiger partial charge in [-0.05, 0) is 106 Å². The summed E-state index contributed by atoms with van der Waals surface area (Å²) >= 11 is 3.65. The number of carbonyl (C=O) groups excluding carboxylic acids is 1. The van der Waals surface area contributed by atoms with Gasteiger partial charge in [0.25, 0.3) is 5.88 Å². The Morgan fingerprint density at radius 1 is 1.16 bits per heavy atom. The van der Waals surface area contributed by atoms with Crippen molar-refractivity contribution in [3.05, 3.63) is 39.9 Å². The molecule has 198 valence electrons. The first-order valence-electron chi connectivity index (χ1n) is 13.1. The van der Waals surface area contributed by atoms with Gasteiger partial charge in [0.15, 0.2) is 5.52 Å². The molecule has 1 aromatic carbocycles. The van der Waals surface area contributed by atoms with Gasteiger partial charge < -0.3 is 9.84 Å². The molecule has 0 bridgehead atoms. The monoisotopic (exact) mass is 578 g/mol. The van der Waals surface area contributed by atoms with Gasteiger partial charge in [-0.1, -0.05) is 21.9 Å². The van der Waals surface area contributed by atoms with Crippen molar-refractivity contribution < 1.29 is 19.4 Å². The second kappa shape index (κ2) is 10.8. The van der Waals surface area contributed by atoms with Crippen molar-refractivity contribution in [2.24, 2.45) is 13.0 Å². The maximum atomic E-state index is 13.4. The molecule has 0 saturated heterocycles. The zero-order valence-corrected chi connectivity index (χ0v) is 23.4. The van der Waals surface area contributed by atoms with E-state index in [2.05, 4.69) is 38.9 Å². The minimum atomic E-state index is -0.742. The van der Waals surface area contributed by atoms with Gasteiger partial charge in [-0.15, -0.1) is 5.10 Å². The van der Waals surface area contributed by atoms with Crippen molar-refractivity contribution in [3.8, 4) is 17.7 Å². The molecule has 38 heavy (non-hydrogen) atoms. The standard InChI is InChI=1S/C29H31BrN4O4/c1-4-6-26(35)34(24-15-17(2)22(30)16-21(24)18-9-10-18)25-14-13-23-27(31-25)28(32-33(23)3)38-20-8-5-7-19(11-12-20)29(36)37/h13-16,18-20H,5,7-12H2,1-3H3,(H,36,37)/t19-,20+/m1/s1. The number of aromatic nitrogens is 3. The van der Waals surface area contributed by atoms with Crippen LogP contribution in [0, 0.1) is 24.7 Å². The first-order chi connectivity index (χ1) is 18.3. The molecule has 5 rings (SSSR count). The Bertz CT molecular complexity index is 1470. The van der Waals surface area contributed by atoms with E-state index in [-0.39, 0.29) is 17.9 Å². The molecule has 0 radical (unpaired) electrons. The summed E-state index contributed by atoms with van der Waals surface area (Å²) in [5, 5.41) is 14.0. The second-order valence-electron chi connectivity index (χ2n) is 10.2. The van der Waals surface area contributed by atoms with Gasteiger partial charge in [-0.2, -0.15) is 0 Å². The van der Waals surface area contributed by atoms with E-state index < -0.39 is 5.97 Å². The molecular weight excluding hydrogens is 548 g/mol. The van der Waals surface area contributed by atoms with Gasteiger partial charge in [0.1, 0.15) is 11.9 Å². The number of ether oxygens (including phenoxy) is 1. The number of anilines is 2. The molecule has 0 unspecified atom stereocenters. The van der Waals surface area contributed by atoms with Crippen LogP contribution in [0.15, 0.2) is 28.7 Å². The van der Waals surface area contributed by atoms with Crippen LogP contribution in [0.2, 0.25) is 0 Å². The van der Waals surface area contributed by atoms with Gasteiger partial charge in [0.05, 0.1) is 17.1 Å². The molecule has 2 saturated carbocycles. The molecule has 0 spiro atoms. The second-order valence-corrected chi connectivity index (χ2v) is 11.1. The highest BCUT2D eigenvalue weighted by molar-refractivity contribution is 9.10. The Balaban J connectivity index is 1.55. The smallest absolute Gasteiger partial charge is 0.308 e. The summed E-state index contributed by atoms with van der Waals surface area (Å²) in [6.07, 6.45) is 5.47. The predicted octanol–water partition coefficient (Wildman–Crippen LogP) is 6.02. The summed E-state index contributed by atoms with van der Waals surface area (Å²) in [6, 6.07) is 7.84. The number of carboxylic acids is 1. The molecule has 2 fully saturated rings. The zero-order chi connectivity index (χ0) is 27.0. The fourth-order valence-corrected chi connectivity index (χ4v) is 5.55. The SMILES string of the molecule is CC#CC(=O)N(c1ccc2c(n1)c(O[C@H]1CCC[C@@H](C(=O)O)CC1)nn2C)c1cc(C)c(Br)cc1C1CC1. The highest BCUT2D eigenvalue weighted by atomic mass is 79.9. The Morgan fingerprint density at radius 3 is 2.66 bits per heavy atom. The van der Waals surface area contributed by atoms with Crippen LogP contribution in [-0.4, -0.2) is 37.9 Å². The third kappa shape index (κ3) is 5.28. The van der Waals surface area contributed by atoms with Gasteiger partial charge in [0, 0.05) is 11.5 Å². The van der Waals surface area contributed by atoms with E-state index in [1.165, 1.54) is 0 Å². The summed E-state index contributed by atoms with van der Waals surface area (Å²) in [5.74, 6) is 5.27. The maximum absolute atomic E-state index is 13.4. The van der Waals surface area contributed by atoms with Gasteiger partial charge in [-0.25, -0.2) is 4.98 Å². The quantitative estimate of drug-likeness (QED) is 0.284. The van der Waals surface area contributed by atoms with E-state index in [1.807, 2.05) is 32.2 Å². The first-order valence-corrected chi connectivity index (χ1v) is 13.9. The number of rotatable bonds is 6. The molecule has 8 nitrogen and oxygen atoms in total. The van der Waals surface area contributed by atoms with Crippen LogP contribution in [0.1, 0.15) is 68.9 Å². The molecule has 2 heterocycles. The lowest BCUT2D eigenvalue weighted by Gasteiger charge is -2.24. The average Bonchev–Trinajstić information content (AvgIpc) is 3.70. The number of halogens is 1. The number of nitrogens with zero attached hydrogens (tertiary/aromatic N) is 4. The molecule has 1 amide bonds. The van der Waals surface area contributed by atoms with Crippen LogP contribution in [0.5, 0.6) is 5.88 Å². The minimum Gasteiger partial charge on any atom is -0.481 e. The van der Waals surface area contributed by atoms with E-state index in [0.717, 1.165) is 52.5 Å². The van der Waals surface area contributed by atoms with E-state index in [9.17, 15) is 14.7 Å². The number of amides is 1. The van der Waals surface area contributed by atoms with Crippen LogP contribution in [0.4, 0.5) is 11.5 Å². The lowest BCUT2D eigenvalue weighted by Crippen LogP contribution is -2.26. The number of pyridine rings is 1. The number of hydrogen-bond donors (Lipinski definition) is 1. The van der Waals surface area contributed by atoms with Gasteiger partial charge in [0.2, 0.25) is 0 Å². The topological polar surface area (TPSA) is 97.6 Å². The predicted molar refractivity (Wildman–Crippen MR) is 149 cm³/mol. The Morgan fingerprint density at radius 2 is 1.95 bits per heavy atom. The molecule has 2 atom stereocenters. The molecule has 3 aromatic rings. The van der Waals surface area contributed by atoms with Crippen LogP contribution in [0.3, 0.4) is 0 Å². The number of fused-ring (bicyclic) bond motifs is 1. The molecule has 9 heteroatoms. The van der Waals surface area contributed by atoms with Crippen LogP contribution >= 0.6 is 15.9 Å². The fourth-order valence-electron chi connectivity index (χ4n) is 5.19. The van der Waals surface area contributed by atoms with E-state index >= 15 is 0 Å². The zero-order valence-electron chi connectivity index (χ0n) is 21.8. The van der Waals surface area contributed by atoms with Gasteiger partial charge >= 0.3 is 11.9 Å². The van der Waals surface area contributed by atoms with E-state index in [1.54, 1.807) is 16.5 Å². The van der Waals surface area contributed by atoms with Crippen LogP contribution in [-0.2, 0) is 16.6 Å². The number of hydrogen-bond acceptors (Lipinski definition) is 5. The Hall–Kier alpha value is -3.38. The van der Waals surface area contributed by atoms with Crippen molar-refractivity contribution in [1.29, 1.82) is 0 Å². The lowest BCUT2D eigenvalue weighted by molar-refractivity contribution is -0.142. The van der Waals surface area contributed by atoms with Crippen LogP contribution < -0.4 is 9.64 Å². The summed E-state index contributed by atoms with van der Waals surface area (Å²) in [4.78, 5) is 31.4. The van der Waals surface area contributed by atoms with Crippen molar-refractivity contribution in [1.82, 2.24) is 14.8 Å². The molecule has 2 aliphatic rings. The van der Waals surface area contributed by atoms with Crippen molar-refractivity contribution in [2.45, 2.75) is 70.8 Å². The normalized spacial score (nSPS) is 19.4. The molecule has 0 aliphatic heterocycles. The lowest BCUT2D eigenvalue weighted by atomic mass is 10.0. The van der Waals surface area contributed by atoms with E-state index in [0.29, 0.717) is 42.4 Å². The Kier molecular flexibility index (Phi) is 7.44. The number of benzene rings is 1. The van der Waals surface area contributed by atoms with Crippen molar-refractivity contribution in [3.63, 3.8) is 0 Å². The molecule has 1 N–H and O–H groups in total. The minimum absolute atomic E-state index is 0.137. The third-order valence-corrected chi connectivity index (χ3v) is 8.28. The highest BCUT2D eigenvalue weighted by Crippen LogP contribution is 2.47. The van der Waals surface area contributed by atoms with Crippen molar-refractivity contribution >= 4 is 50.3 Å². The van der Waals surface area contributed by atoms with E-state index in [4.69, 9.17) is 9.72 Å². The first kappa shape index (κ1) is 26.2. The fraction of sp³-hybridized carbons (Fsp3) is 0.448. The maximum Gasteiger partial charge on any atom is 0.308 e. The Labute approximate surface area is 230 Å².